The van der Waals surface area contributed by atoms with Crippen LogP contribution in [-0.2, 0) is 4.79 Å². The molecule has 0 aliphatic carbocycles. The zero-order chi connectivity index (χ0) is 12.0. The molecule has 1 rings (SSSR count). The number of nitrogens with one attached hydrogen (secondary N) is 2. The molecule has 0 amide bonds. The van der Waals surface area contributed by atoms with Crippen molar-refractivity contribution in [3.63, 3.8) is 0 Å². The lowest BCUT2D eigenvalue weighted by Gasteiger charge is -1.92. The van der Waals surface area contributed by atoms with Crippen molar-refractivity contribution in [2.75, 3.05) is 5.75 Å². The molecule has 5 nitrogen and oxygen atoms in total. The Morgan fingerprint density at radius 1 is 1.44 bits per heavy atom. The summed E-state index contributed by atoms with van der Waals surface area (Å²) in [6, 6.07) is 1.23. The van der Waals surface area contributed by atoms with Crippen LogP contribution in [0, 0.1) is 0 Å². The molecular formula is C10H12N2O3S. The van der Waals surface area contributed by atoms with E-state index in [0.29, 0.717) is 17.7 Å². The molecule has 0 aromatic carbocycles. The van der Waals surface area contributed by atoms with Gasteiger partial charge < -0.3 is 0 Å². The lowest BCUT2D eigenvalue weighted by atomic mass is 10.2. The number of H-pyrrole nitrogens is 2. The van der Waals surface area contributed by atoms with Crippen molar-refractivity contribution in [1.29, 1.82) is 0 Å². The van der Waals surface area contributed by atoms with Crippen LogP contribution in [0.4, 0.5) is 0 Å². The van der Waals surface area contributed by atoms with Crippen LogP contribution in [0.5, 0.6) is 0 Å². The van der Waals surface area contributed by atoms with Gasteiger partial charge in [0.1, 0.15) is 0 Å². The number of carbonyl (C=O) groups is 1. The van der Waals surface area contributed by atoms with Gasteiger partial charge in [0, 0.05) is 24.3 Å². The quantitative estimate of drug-likeness (QED) is 0.761. The third-order valence-corrected chi connectivity index (χ3v) is 2.58. The lowest BCUT2D eigenvalue weighted by molar-refractivity contribution is -0.109. The van der Waals surface area contributed by atoms with Gasteiger partial charge in [-0.15, -0.1) is 0 Å². The fourth-order valence-corrected chi connectivity index (χ4v) is 1.58. The largest absolute Gasteiger partial charge is 0.288 e. The third kappa shape index (κ3) is 4.31. The summed E-state index contributed by atoms with van der Waals surface area (Å²) >= 11 is 1.23. The molecule has 0 atom stereocenters. The Kier molecular flexibility index (Phi) is 4.78. The van der Waals surface area contributed by atoms with Gasteiger partial charge in [-0.05, 0) is 6.42 Å². The molecule has 0 saturated heterocycles. The molecule has 16 heavy (non-hydrogen) atoms. The van der Waals surface area contributed by atoms with E-state index >= 15 is 0 Å². The second-order valence-electron chi connectivity index (χ2n) is 3.07. The minimum absolute atomic E-state index is 0.0717. The zero-order valence-corrected chi connectivity index (χ0v) is 9.60. The van der Waals surface area contributed by atoms with E-state index in [1.165, 1.54) is 24.8 Å². The maximum Gasteiger partial charge on any atom is 0.269 e. The molecule has 0 aliphatic rings. The van der Waals surface area contributed by atoms with Gasteiger partial charge in [0.05, 0.1) is 0 Å². The topological polar surface area (TPSA) is 82.8 Å². The van der Waals surface area contributed by atoms with Gasteiger partial charge in [0.15, 0.2) is 5.12 Å². The molecule has 0 bridgehead atoms. The minimum atomic E-state index is -0.350. The van der Waals surface area contributed by atoms with Crippen LogP contribution in [0.3, 0.4) is 0 Å². The summed E-state index contributed by atoms with van der Waals surface area (Å²) < 4.78 is 0. The first-order chi connectivity index (χ1) is 7.59. The van der Waals surface area contributed by atoms with Crippen LogP contribution in [0.2, 0.25) is 0 Å². The number of allylic oxidation sites excluding steroid dienone is 1. The fourth-order valence-electron chi connectivity index (χ4n) is 1.04. The molecule has 86 valence electrons. The first kappa shape index (κ1) is 12.5. The second-order valence-corrected chi connectivity index (χ2v) is 4.35. The highest BCUT2D eigenvalue weighted by Gasteiger charge is 1.95. The highest BCUT2D eigenvalue weighted by molar-refractivity contribution is 8.13. The Labute approximate surface area is 95.9 Å². The van der Waals surface area contributed by atoms with E-state index in [-0.39, 0.29) is 16.2 Å². The third-order valence-electron chi connectivity index (χ3n) is 1.74. The van der Waals surface area contributed by atoms with E-state index in [9.17, 15) is 14.4 Å². The number of rotatable bonds is 4. The summed E-state index contributed by atoms with van der Waals surface area (Å²) in [5.74, 6) is 0.674. The van der Waals surface area contributed by atoms with Crippen LogP contribution in [-0.4, -0.2) is 21.1 Å². The molecular weight excluding hydrogens is 228 g/mol. The van der Waals surface area contributed by atoms with E-state index in [1.54, 1.807) is 12.2 Å². The first-order valence-corrected chi connectivity index (χ1v) is 5.70. The molecule has 0 saturated carbocycles. The van der Waals surface area contributed by atoms with Gasteiger partial charge in [-0.3, -0.25) is 24.6 Å². The van der Waals surface area contributed by atoms with Crippen LogP contribution in [0.25, 0.3) is 6.08 Å². The predicted octanol–water partition coefficient (Wildman–Crippen LogP) is 0.746. The van der Waals surface area contributed by atoms with Crippen molar-refractivity contribution in [2.45, 2.75) is 13.3 Å². The standard InChI is InChI=1S/C10H12N2O3S/c1-7(13)16-5-3-2-4-8-6-9(14)11-12-10(8)15/h2,4,6H,3,5H2,1H3,(H,11,14)(H,12,15). The molecule has 1 aromatic rings. The van der Waals surface area contributed by atoms with Gasteiger partial charge in [0.25, 0.3) is 11.1 Å². The molecule has 0 spiro atoms. The Balaban J connectivity index is 2.56. The van der Waals surface area contributed by atoms with Crippen LogP contribution < -0.4 is 11.1 Å². The van der Waals surface area contributed by atoms with Crippen molar-refractivity contribution in [1.82, 2.24) is 10.2 Å². The Hall–Kier alpha value is -1.56. The van der Waals surface area contributed by atoms with E-state index in [1.807, 2.05) is 0 Å². The summed E-state index contributed by atoms with van der Waals surface area (Å²) in [5, 5.41) is 4.48. The molecule has 1 aromatic heterocycles. The number of hydrogen-bond acceptors (Lipinski definition) is 4. The number of hydrogen-bond donors (Lipinski definition) is 2. The van der Waals surface area contributed by atoms with Crippen molar-refractivity contribution >= 4 is 23.0 Å². The summed E-state index contributed by atoms with van der Waals surface area (Å²) in [6.07, 6.45) is 4.02. The fraction of sp³-hybridized carbons (Fsp3) is 0.300. The van der Waals surface area contributed by atoms with Crippen molar-refractivity contribution < 1.29 is 4.79 Å². The highest BCUT2D eigenvalue weighted by atomic mass is 32.2. The Morgan fingerprint density at radius 2 is 2.19 bits per heavy atom. The average molecular weight is 240 g/mol. The predicted molar refractivity (Wildman–Crippen MR) is 64.5 cm³/mol. The number of carbonyl (C=O) groups excluding carboxylic acids is 1. The SMILES string of the molecule is CC(=O)SCCC=Cc1cc(=O)[nH][nH]c1=O. The average Bonchev–Trinajstić information content (AvgIpc) is 2.22. The van der Waals surface area contributed by atoms with E-state index < -0.39 is 0 Å². The number of aromatic amines is 2. The molecule has 0 unspecified atom stereocenters. The molecule has 0 aliphatic heterocycles. The first-order valence-electron chi connectivity index (χ1n) is 4.71. The van der Waals surface area contributed by atoms with E-state index in [0.717, 1.165) is 0 Å². The van der Waals surface area contributed by atoms with E-state index in [4.69, 9.17) is 0 Å². The Morgan fingerprint density at radius 3 is 2.88 bits per heavy atom. The van der Waals surface area contributed by atoms with Crippen LogP contribution in [0.1, 0.15) is 18.9 Å². The minimum Gasteiger partial charge on any atom is -0.288 e. The van der Waals surface area contributed by atoms with Crippen molar-refractivity contribution in [2.24, 2.45) is 0 Å². The summed E-state index contributed by atoms with van der Waals surface area (Å²) in [5.41, 5.74) is -0.371. The Bertz CT molecular complexity index is 501. The maximum absolute atomic E-state index is 11.2. The normalized spacial score (nSPS) is 10.8. The van der Waals surface area contributed by atoms with Crippen LogP contribution in [0.15, 0.2) is 21.7 Å². The van der Waals surface area contributed by atoms with Gasteiger partial charge in [-0.2, -0.15) is 0 Å². The van der Waals surface area contributed by atoms with Gasteiger partial charge >= 0.3 is 0 Å². The van der Waals surface area contributed by atoms with E-state index in [2.05, 4.69) is 10.2 Å². The molecule has 0 fully saturated rings. The lowest BCUT2D eigenvalue weighted by Crippen LogP contribution is -2.19. The van der Waals surface area contributed by atoms with Gasteiger partial charge in [-0.1, -0.05) is 23.9 Å². The molecule has 6 heteroatoms. The summed E-state index contributed by atoms with van der Waals surface area (Å²) in [6.45, 7) is 1.51. The van der Waals surface area contributed by atoms with Gasteiger partial charge in [-0.25, -0.2) is 0 Å². The monoisotopic (exact) mass is 240 g/mol. The number of aromatic nitrogens is 2. The number of thioether (sulfide) groups is 1. The zero-order valence-electron chi connectivity index (χ0n) is 8.78. The molecule has 1 heterocycles. The second kappa shape index (κ2) is 6.12. The van der Waals surface area contributed by atoms with Crippen molar-refractivity contribution in [3.05, 3.63) is 38.4 Å². The van der Waals surface area contributed by atoms with Crippen LogP contribution >= 0.6 is 11.8 Å². The molecule has 0 radical (unpaired) electrons. The van der Waals surface area contributed by atoms with Gasteiger partial charge in [0.2, 0.25) is 0 Å². The smallest absolute Gasteiger partial charge is 0.269 e. The molecule has 2 N–H and O–H groups in total. The summed E-state index contributed by atoms with van der Waals surface area (Å²) in [4.78, 5) is 32.7. The maximum atomic E-state index is 11.2. The van der Waals surface area contributed by atoms with Crippen molar-refractivity contribution in [3.8, 4) is 0 Å². The highest BCUT2D eigenvalue weighted by Crippen LogP contribution is 2.04. The summed E-state index contributed by atoms with van der Waals surface area (Å²) in [7, 11) is 0.